The third-order valence-electron chi connectivity index (χ3n) is 3.19. The number of rotatable bonds is 4. The van der Waals surface area contributed by atoms with Gasteiger partial charge in [-0.25, -0.2) is 13.6 Å². The fourth-order valence-electron chi connectivity index (χ4n) is 1.87. The molecule has 3 N–H and O–H groups in total. The Labute approximate surface area is 127 Å². The Morgan fingerprint density at radius 1 is 1.24 bits per heavy atom. The number of sulfonamides is 1. The number of carbonyl (C=O) groups is 1. The highest BCUT2D eigenvalue weighted by atomic mass is 32.2. The summed E-state index contributed by atoms with van der Waals surface area (Å²) in [5.74, 6) is -0.179. The Bertz CT molecular complexity index is 779. The molecule has 0 saturated carbocycles. The number of thiophene rings is 1. The van der Waals surface area contributed by atoms with Crippen molar-refractivity contribution in [2.45, 2.75) is 24.6 Å². The van der Waals surface area contributed by atoms with E-state index in [1.807, 2.05) is 26.0 Å². The van der Waals surface area contributed by atoms with Gasteiger partial charge < -0.3 is 5.32 Å². The average molecular weight is 324 g/mol. The predicted octanol–water partition coefficient (Wildman–Crippen LogP) is 1.94. The molecule has 1 amide bonds. The Balaban J connectivity index is 2.08. The van der Waals surface area contributed by atoms with Crippen LogP contribution < -0.4 is 10.5 Å². The highest BCUT2D eigenvalue weighted by molar-refractivity contribution is 7.91. The number of benzene rings is 1. The van der Waals surface area contributed by atoms with Crippen LogP contribution in [0, 0.1) is 13.8 Å². The summed E-state index contributed by atoms with van der Waals surface area (Å²) >= 11 is 1.06. The number of hydrogen-bond donors (Lipinski definition) is 2. The lowest BCUT2D eigenvalue weighted by Crippen LogP contribution is -2.23. The Morgan fingerprint density at radius 3 is 2.57 bits per heavy atom. The predicted molar refractivity (Wildman–Crippen MR) is 82.8 cm³/mol. The molecule has 0 atom stereocenters. The van der Waals surface area contributed by atoms with Gasteiger partial charge in [0, 0.05) is 10.4 Å². The number of hydrogen-bond acceptors (Lipinski definition) is 4. The normalized spacial score (nSPS) is 11.4. The van der Waals surface area contributed by atoms with Gasteiger partial charge >= 0.3 is 0 Å². The number of carbonyl (C=O) groups excluding carboxylic acids is 1. The molecule has 2 aromatic rings. The zero-order valence-corrected chi connectivity index (χ0v) is 13.3. The number of amides is 1. The van der Waals surface area contributed by atoms with Gasteiger partial charge in [0.15, 0.2) is 0 Å². The first kappa shape index (κ1) is 15.7. The van der Waals surface area contributed by atoms with Gasteiger partial charge in [0.05, 0.1) is 6.54 Å². The van der Waals surface area contributed by atoms with Crippen LogP contribution in [0.3, 0.4) is 0 Å². The Hall–Kier alpha value is -1.70. The van der Waals surface area contributed by atoms with Crippen LogP contribution >= 0.6 is 11.3 Å². The second-order valence-electron chi connectivity index (χ2n) is 4.70. The van der Waals surface area contributed by atoms with Crippen molar-refractivity contribution in [3.63, 3.8) is 0 Å². The van der Waals surface area contributed by atoms with Crippen LogP contribution in [0.5, 0.6) is 0 Å². The van der Waals surface area contributed by atoms with Crippen molar-refractivity contribution < 1.29 is 13.2 Å². The fourth-order valence-corrected chi connectivity index (χ4v) is 3.58. The molecule has 0 saturated heterocycles. The highest BCUT2D eigenvalue weighted by Gasteiger charge is 2.13. The quantitative estimate of drug-likeness (QED) is 0.900. The van der Waals surface area contributed by atoms with Crippen LogP contribution in [-0.2, 0) is 16.6 Å². The standard InChI is InChI=1S/C14H16N2O3S2/c1-9-4-3-5-12(10(9)2)14(17)16-8-11-6-7-13(20-11)21(15,18)19/h3-7H,8H2,1-2H3,(H,16,17)(H2,15,18,19). The Kier molecular flexibility index (Phi) is 4.46. The van der Waals surface area contributed by atoms with Crippen molar-refractivity contribution >= 4 is 27.3 Å². The molecular weight excluding hydrogens is 308 g/mol. The van der Waals surface area contributed by atoms with E-state index in [-0.39, 0.29) is 16.7 Å². The second-order valence-corrected chi connectivity index (χ2v) is 7.65. The molecule has 0 fully saturated rings. The van der Waals surface area contributed by atoms with Crippen molar-refractivity contribution in [2.24, 2.45) is 5.14 Å². The number of primary sulfonamides is 1. The number of nitrogens with two attached hydrogens (primary N) is 1. The minimum Gasteiger partial charge on any atom is -0.347 e. The molecule has 0 bridgehead atoms. The van der Waals surface area contributed by atoms with Gasteiger partial charge in [0.2, 0.25) is 10.0 Å². The van der Waals surface area contributed by atoms with Crippen LogP contribution in [0.4, 0.5) is 0 Å². The lowest BCUT2D eigenvalue weighted by atomic mass is 10.0. The first-order valence-corrected chi connectivity index (χ1v) is 8.61. The summed E-state index contributed by atoms with van der Waals surface area (Å²) < 4.78 is 22.5. The zero-order valence-electron chi connectivity index (χ0n) is 11.7. The minimum absolute atomic E-state index is 0.0958. The summed E-state index contributed by atoms with van der Waals surface area (Å²) in [5, 5.41) is 7.83. The largest absolute Gasteiger partial charge is 0.347 e. The second kappa shape index (κ2) is 5.97. The molecule has 0 unspecified atom stereocenters. The van der Waals surface area contributed by atoms with Crippen molar-refractivity contribution in [3.8, 4) is 0 Å². The molecule has 1 heterocycles. The smallest absolute Gasteiger partial charge is 0.251 e. The highest BCUT2D eigenvalue weighted by Crippen LogP contribution is 2.20. The molecule has 0 aliphatic rings. The summed E-state index contributed by atoms with van der Waals surface area (Å²) in [5.41, 5.74) is 2.61. The van der Waals surface area contributed by atoms with Gasteiger partial charge in [0.1, 0.15) is 4.21 Å². The van der Waals surface area contributed by atoms with Crippen molar-refractivity contribution in [1.29, 1.82) is 0 Å². The maximum Gasteiger partial charge on any atom is 0.251 e. The van der Waals surface area contributed by atoms with Crippen LogP contribution in [0.1, 0.15) is 26.4 Å². The van der Waals surface area contributed by atoms with E-state index < -0.39 is 10.0 Å². The summed E-state index contributed by atoms with van der Waals surface area (Å²) in [4.78, 5) is 12.9. The van der Waals surface area contributed by atoms with Crippen molar-refractivity contribution in [1.82, 2.24) is 5.32 Å². The third-order valence-corrected chi connectivity index (χ3v) is 5.71. The van der Waals surface area contributed by atoms with Crippen molar-refractivity contribution in [2.75, 3.05) is 0 Å². The molecule has 112 valence electrons. The zero-order chi connectivity index (χ0) is 15.6. The molecule has 0 spiro atoms. The molecule has 21 heavy (non-hydrogen) atoms. The first-order chi connectivity index (χ1) is 9.79. The van der Waals surface area contributed by atoms with Gasteiger partial charge in [-0.2, -0.15) is 0 Å². The summed E-state index contributed by atoms with van der Waals surface area (Å²) in [6.45, 7) is 4.12. The van der Waals surface area contributed by atoms with Gasteiger partial charge in [-0.3, -0.25) is 4.79 Å². The van der Waals surface area contributed by atoms with Gasteiger partial charge in [-0.05, 0) is 43.2 Å². The van der Waals surface area contributed by atoms with Gasteiger partial charge in [0.25, 0.3) is 5.91 Å². The Morgan fingerprint density at radius 2 is 1.95 bits per heavy atom. The van der Waals surface area contributed by atoms with Crippen molar-refractivity contribution in [3.05, 3.63) is 51.9 Å². The van der Waals surface area contributed by atoms with Crippen LogP contribution in [0.15, 0.2) is 34.5 Å². The summed E-state index contributed by atoms with van der Waals surface area (Å²) in [6.07, 6.45) is 0. The van der Waals surface area contributed by atoms with E-state index in [2.05, 4.69) is 5.32 Å². The topological polar surface area (TPSA) is 89.3 Å². The van der Waals surface area contributed by atoms with E-state index in [4.69, 9.17) is 5.14 Å². The monoisotopic (exact) mass is 324 g/mol. The molecule has 5 nitrogen and oxygen atoms in total. The molecule has 0 radical (unpaired) electrons. The van der Waals surface area contributed by atoms with Crippen LogP contribution in [-0.4, -0.2) is 14.3 Å². The number of aryl methyl sites for hydroxylation is 1. The van der Waals surface area contributed by atoms with E-state index in [0.29, 0.717) is 5.56 Å². The lowest BCUT2D eigenvalue weighted by Gasteiger charge is -2.08. The third kappa shape index (κ3) is 3.69. The molecule has 0 aliphatic heterocycles. The SMILES string of the molecule is Cc1cccc(C(=O)NCc2ccc(S(N)(=O)=O)s2)c1C. The maximum absolute atomic E-state index is 12.1. The maximum atomic E-state index is 12.1. The molecular formula is C14H16N2O3S2. The summed E-state index contributed by atoms with van der Waals surface area (Å²) in [6, 6.07) is 8.64. The fraction of sp³-hybridized carbons (Fsp3) is 0.214. The van der Waals surface area contributed by atoms with Gasteiger partial charge in [-0.1, -0.05) is 12.1 Å². The van der Waals surface area contributed by atoms with Crippen LogP contribution in [0.25, 0.3) is 0 Å². The molecule has 1 aromatic heterocycles. The van der Waals surface area contributed by atoms with E-state index in [1.165, 1.54) is 6.07 Å². The molecule has 0 aliphatic carbocycles. The first-order valence-electron chi connectivity index (χ1n) is 6.25. The van der Waals surface area contributed by atoms with E-state index in [1.54, 1.807) is 12.1 Å². The summed E-state index contributed by atoms with van der Waals surface area (Å²) in [7, 11) is -3.68. The van der Waals surface area contributed by atoms with E-state index >= 15 is 0 Å². The lowest BCUT2D eigenvalue weighted by molar-refractivity contribution is 0.0950. The molecule has 1 aromatic carbocycles. The molecule has 2 rings (SSSR count). The van der Waals surface area contributed by atoms with E-state index in [0.717, 1.165) is 27.3 Å². The number of nitrogens with one attached hydrogen (secondary N) is 1. The average Bonchev–Trinajstić information content (AvgIpc) is 2.88. The van der Waals surface area contributed by atoms with Gasteiger partial charge in [-0.15, -0.1) is 11.3 Å². The van der Waals surface area contributed by atoms with E-state index in [9.17, 15) is 13.2 Å². The minimum atomic E-state index is -3.68. The molecule has 7 heteroatoms. The van der Waals surface area contributed by atoms with Crippen LogP contribution in [0.2, 0.25) is 0 Å².